The van der Waals surface area contributed by atoms with Gasteiger partial charge in [-0.05, 0) is 24.7 Å². The molecular weight excluding hydrogens is 340 g/mol. The van der Waals surface area contributed by atoms with Gasteiger partial charge in [0.1, 0.15) is 0 Å². The number of carbonyl (C=O) groups excluding carboxylic acids is 1. The molecule has 0 aromatic heterocycles. The van der Waals surface area contributed by atoms with Crippen LogP contribution in [0.3, 0.4) is 0 Å². The molecule has 0 bridgehead atoms. The molecule has 0 unspecified atom stereocenters. The van der Waals surface area contributed by atoms with Crippen molar-refractivity contribution in [3.63, 3.8) is 0 Å². The Labute approximate surface area is 165 Å². The summed E-state index contributed by atoms with van der Waals surface area (Å²) in [5.41, 5.74) is 0.0278. The Kier molecular flexibility index (Phi) is 14.5. The molecule has 2 atom stereocenters. The van der Waals surface area contributed by atoms with E-state index >= 15 is 0 Å². The topological polar surface area (TPSA) is 66.8 Å². The predicted octanol–water partition coefficient (Wildman–Crippen LogP) is 4.88. The molecule has 4 heteroatoms. The van der Waals surface area contributed by atoms with Gasteiger partial charge in [-0.15, -0.1) is 0 Å². The van der Waals surface area contributed by atoms with Gasteiger partial charge in [0.2, 0.25) is 0 Å². The highest BCUT2D eigenvalue weighted by atomic mass is 16.5. The highest BCUT2D eigenvalue weighted by Crippen LogP contribution is 2.25. The zero-order chi connectivity index (χ0) is 20.5. The van der Waals surface area contributed by atoms with Crippen LogP contribution in [0.25, 0.3) is 0 Å². The van der Waals surface area contributed by atoms with E-state index in [4.69, 9.17) is 0 Å². The van der Waals surface area contributed by atoms with E-state index in [2.05, 4.69) is 31.6 Å². The fourth-order valence-corrected chi connectivity index (χ4v) is 2.53. The lowest BCUT2D eigenvalue weighted by Crippen LogP contribution is -2.23. The Morgan fingerprint density at radius 3 is 2.26 bits per heavy atom. The van der Waals surface area contributed by atoms with Crippen molar-refractivity contribution in [1.82, 2.24) is 0 Å². The zero-order valence-corrected chi connectivity index (χ0v) is 17.4. The van der Waals surface area contributed by atoms with Crippen LogP contribution in [-0.2, 0) is 9.53 Å². The van der Waals surface area contributed by atoms with Gasteiger partial charge in [0, 0.05) is 6.42 Å². The minimum absolute atomic E-state index is 0.0278. The summed E-state index contributed by atoms with van der Waals surface area (Å²) in [6, 6.07) is 0. The summed E-state index contributed by atoms with van der Waals surface area (Å²) in [4.78, 5) is 11.1. The van der Waals surface area contributed by atoms with Crippen molar-refractivity contribution in [2.24, 2.45) is 5.41 Å². The van der Waals surface area contributed by atoms with E-state index in [0.29, 0.717) is 12.8 Å². The van der Waals surface area contributed by atoms with Crippen molar-refractivity contribution in [3.05, 3.63) is 48.6 Å². The molecule has 0 fully saturated rings. The number of unbranched alkanes of at least 4 members (excludes halogenated alkanes) is 2. The van der Waals surface area contributed by atoms with Gasteiger partial charge < -0.3 is 14.9 Å². The number of hydrogen-bond acceptors (Lipinski definition) is 4. The van der Waals surface area contributed by atoms with Gasteiger partial charge in [-0.25, -0.2) is 0 Å². The number of methoxy groups -OCH3 is 1. The summed E-state index contributed by atoms with van der Waals surface area (Å²) in [5.74, 6) is -0.161. The number of hydrogen-bond donors (Lipinski definition) is 2. The molecule has 4 nitrogen and oxygen atoms in total. The second-order valence-corrected chi connectivity index (χ2v) is 7.49. The van der Waals surface area contributed by atoms with E-state index in [-0.39, 0.29) is 11.4 Å². The number of rotatable bonds is 14. The van der Waals surface area contributed by atoms with Crippen LogP contribution >= 0.6 is 0 Å². The molecule has 0 aliphatic carbocycles. The van der Waals surface area contributed by atoms with Crippen molar-refractivity contribution in [2.45, 2.75) is 77.9 Å². The van der Waals surface area contributed by atoms with Gasteiger partial charge in [0.05, 0.1) is 19.3 Å². The van der Waals surface area contributed by atoms with Crippen molar-refractivity contribution >= 4 is 5.97 Å². The zero-order valence-electron chi connectivity index (χ0n) is 17.4. The fourth-order valence-electron chi connectivity index (χ4n) is 2.53. The van der Waals surface area contributed by atoms with Crippen LogP contribution in [-0.4, -0.2) is 35.5 Å². The van der Waals surface area contributed by atoms with Gasteiger partial charge >= 0.3 is 5.97 Å². The lowest BCUT2D eigenvalue weighted by Gasteiger charge is -2.19. The third-order valence-electron chi connectivity index (χ3n) is 4.34. The summed E-state index contributed by atoms with van der Waals surface area (Å²) in [7, 11) is 1.41. The third kappa shape index (κ3) is 15.1. The molecule has 0 heterocycles. The number of ether oxygens (including phenoxy) is 1. The smallest absolute Gasteiger partial charge is 0.305 e. The van der Waals surface area contributed by atoms with Gasteiger partial charge in [-0.3, -0.25) is 4.79 Å². The van der Waals surface area contributed by atoms with Crippen LogP contribution in [0, 0.1) is 5.41 Å². The number of carbonyl (C=O) groups is 1. The van der Waals surface area contributed by atoms with Crippen LogP contribution in [0.2, 0.25) is 0 Å². The number of aliphatic hydroxyl groups excluding tert-OH is 2. The Bertz CT molecular complexity index is 501. The summed E-state index contributed by atoms with van der Waals surface area (Å²) in [6.07, 6.45) is 19.5. The van der Waals surface area contributed by atoms with Crippen LogP contribution in [0.15, 0.2) is 48.6 Å². The summed E-state index contributed by atoms with van der Waals surface area (Å²) >= 11 is 0. The molecule has 0 amide bonds. The Morgan fingerprint density at radius 2 is 1.63 bits per heavy atom. The van der Waals surface area contributed by atoms with E-state index in [9.17, 15) is 15.0 Å². The number of aliphatic hydroxyl groups is 2. The first-order valence-corrected chi connectivity index (χ1v) is 9.94. The summed E-state index contributed by atoms with van der Waals surface area (Å²) in [6.45, 7) is 6.39. The SMILES string of the molecule is CCCCC[C@H](O)[C@H](O)/C=C/C=C/C=C\C=C\C(C)(C)CCCC(=O)OC. The summed E-state index contributed by atoms with van der Waals surface area (Å²) in [5, 5.41) is 19.7. The van der Waals surface area contributed by atoms with Crippen molar-refractivity contribution in [2.75, 3.05) is 7.11 Å². The molecule has 0 saturated carbocycles. The molecule has 0 aromatic carbocycles. The second kappa shape index (κ2) is 15.4. The molecule has 27 heavy (non-hydrogen) atoms. The van der Waals surface area contributed by atoms with Crippen molar-refractivity contribution < 1.29 is 19.7 Å². The van der Waals surface area contributed by atoms with Crippen LogP contribution in [0.1, 0.15) is 65.7 Å². The second-order valence-electron chi connectivity index (χ2n) is 7.49. The lowest BCUT2D eigenvalue weighted by atomic mass is 9.87. The van der Waals surface area contributed by atoms with E-state index in [1.165, 1.54) is 7.11 Å². The number of allylic oxidation sites excluding steroid dienone is 7. The van der Waals surface area contributed by atoms with Crippen LogP contribution in [0.5, 0.6) is 0 Å². The molecule has 0 aliphatic heterocycles. The highest BCUT2D eigenvalue weighted by Gasteiger charge is 2.14. The molecule has 154 valence electrons. The summed E-state index contributed by atoms with van der Waals surface area (Å²) < 4.78 is 4.65. The van der Waals surface area contributed by atoms with Crippen LogP contribution in [0.4, 0.5) is 0 Å². The standard InChI is InChI=1S/C23H38O4/c1-5-6-11-15-20(24)21(25)16-12-9-7-8-10-13-18-23(2,3)19-14-17-22(26)27-4/h7-10,12-13,16,18,20-21,24-25H,5-6,11,14-15,17,19H2,1-4H3/b9-7+,10-8-,16-12+,18-13+/t20-,21+/m0/s1. The van der Waals surface area contributed by atoms with Crippen molar-refractivity contribution in [3.8, 4) is 0 Å². The van der Waals surface area contributed by atoms with Crippen LogP contribution < -0.4 is 0 Å². The molecule has 0 spiro atoms. The van der Waals surface area contributed by atoms with E-state index in [1.54, 1.807) is 12.2 Å². The Balaban J connectivity index is 4.14. The highest BCUT2D eigenvalue weighted by molar-refractivity contribution is 5.68. The molecule has 2 N–H and O–H groups in total. The van der Waals surface area contributed by atoms with Crippen molar-refractivity contribution in [1.29, 1.82) is 0 Å². The Hall–Kier alpha value is -1.65. The molecule has 0 aromatic rings. The maximum absolute atomic E-state index is 11.1. The van der Waals surface area contributed by atoms with E-state index < -0.39 is 12.2 Å². The van der Waals surface area contributed by atoms with E-state index in [0.717, 1.165) is 32.1 Å². The molecular formula is C23H38O4. The third-order valence-corrected chi connectivity index (χ3v) is 4.34. The molecule has 0 rings (SSSR count). The quantitative estimate of drug-likeness (QED) is 0.257. The monoisotopic (exact) mass is 378 g/mol. The first kappa shape index (κ1) is 25.4. The first-order chi connectivity index (χ1) is 12.8. The predicted molar refractivity (Wildman–Crippen MR) is 112 cm³/mol. The van der Waals surface area contributed by atoms with Gasteiger partial charge in [0.25, 0.3) is 0 Å². The average Bonchev–Trinajstić information content (AvgIpc) is 2.63. The largest absolute Gasteiger partial charge is 0.469 e. The van der Waals surface area contributed by atoms with Gasteiger partial charge in [-0.2, -0.15) is 0 Å². The Morgan fingerprint density at radius 1 is 1.00 bits per heavy atom. The normalized spacial score (nSPS) is 15.3. The molecule has 0 saturated heterocycles. The minimum Gasteiger partial charge on any atom is -0.469 e. The maximum Gasteiger partial charge on any atom is 0.305 e. The maximum atomic E-state index is 11.1. The molecule has 0 aliphatic rings. The van der Waals surface area contributed by atoms with Gasteiger partial charge in [-0.1, -0.05) is 88.6 Å². The van der Waals surface area contributed by atoms with Gasteiger partial charge in [0.15, 0.2) is 0 Å². The van der Waals surface area contributed by atoms with E-state index in [1.807, 2.05) is 30.4 Å². The fraction of sp³-hybridized carbons (Fsp3) is 0.609. The first-order valence-electron chi connectivity index (χ1n) is 9.94. The minimum atomic E-state index is -0.818. The lowest BCUT2D eigenvalue weighted by molar-refractivity contribution is -0.140. The average molecular weight is 379 g/mol. The molecule has 0 radical (unpaired) electrons. The number of esters is 1.